The SMILES string of the molecule is CCN1CCc2c(sc(NC(=O)c3cc4c(ccc5ccccc54)oc3=O)c2C(N)=O)C1.Cl. The van der Waals surface area contributed by atoms with Gasteiger partial charge in [0.05, 0.1) is 5.56 Å². The number of amides is 2. The molecule has 1 aliphatic rings. The van der Waals surface area contributed by atoms with E-state index in [4.69, 9.17) is 10.2 Å². The van der Waals surface area contributed by atoms with Gasteiger partial charge in [-0.3, -0.25) is 14.5 Å². The lowest BCUT2D eigenvalue weighted by atomic mass is 10.0. The summed E-state index contributed by atoms with van der Waals surface area (Å²) in [4.78, 5) is 41.1. The van der Waals surface area contributed by atoms with E-state index in [2.05, 4.69) is 17.1 Å². The summed E-state index contributed by atoms with van der Waals surface area (Å²) in [5, 5.41) is 5.66. The van der Waals surface area contributed by atoms with Crippen LogP contribution in [0.1, 0.15) is 38.1 Å². The summed E-state index contributed by atoms with van der Waals surface area (Å²) in [6, 6.07) is 12.8. The van der Waals surface area contributed by atoms with Crippen LogP contribution in [0.3, 0.4) is 0 Å². The van der Waals surface area contributed by atoms with Crippen molar-refractivity contribution in [2.75, 3.05) is 18.4 Å². The number of carbonyl (C=O) groups excluding carboxylic acids is 2. The van der Waals surface area contributed by atoms with Crippen molar-refractivity contribution in [2.45, 2.75) is 19.9 Å². The van der Waals surface area contributed by atoms with Crippen LogP contribution in [-0.4, -0.2) is 29.8 Å². The zero-order valence-corrected chi connectivity index (χ0v) is 19.5. The summed E-state index contributed by atoms with van der Waals surface area (Å²) < 4.78 is 5.44. The van der Waals surface area contributed by atoms with Gasteiger partial charge in [-0.15, -0.1) is 23.7 Å². The third-order valence-electron chi connectivity index (χ3n) is 5.94. The van der Waals surface area contributed by atoms with E-state index in [1.165, 1.54) is 11.3 Å². The highest BCUT2D eigenvalue weighted by Crippen LogP contribution is 2.37. The van der Waals surface area contributed by atoms with Crippen LogP contribution in [0.15, 0.2) is 51.7 Å². The summed E-state index contributed by atoms with van der Waals surface area (Å²) in [5.41, 5.74) is 6.44. The highest BCUT2D eigenvalue weighted by molar-refractivity contribution is 7.17. The Bertz CT molecular complexity index is 1460. The normalized spacial score (nSPS) is 13.5. The van der Waals surface area contributed by atoms with Gasteiger partial charge in [0.1, 0.15) is 16.1 Å². The molecule has 3 N–H and O–H groups in total. The van der Waals surface area contributed by atoms with Gasteiger partial charge in [-0.25, -0.2) is 4.79 Å². The van der Waals surface area contributed by atoms with Gasteiger partial charge in [0.25, 0.3) is 11.8 Å². The molecule has 7 nitrogen and oxygen atoms in total. The molecule has 0 saturated heterocycles. The molecule has 0 atom stereocenters. The number of rotatable bonds is 4. The smallest absolute Gasteiger partial charge is 0.349 e. The summed E-state index contributed by atoms with van der Waals surface area (Å²) in [7, 11) is 0. The number of nitrogens with zero attached hydrogens (tertiary/aromatic N) is 1. The number of anilines is 1. The maximum atomic E-state index is 13.1. The Kier molecular flexibility index (Phi) is 6.25. The zero-order chi connectivity index (χ0) is 22.4. The molecule has 2 aromatic carbocycles. The van der Waals surface area contributed by atoms with E-state index in [1.807, 2.05) is 30.3 Å². The van der Waals surface area contributed by atoms with E-state index in [0.717, 1.165) is 34.3 Å². The first-order chi connectivity index (χ1) is 15.5. The van der Waals surface area contributed by atoms with Crippen molar-refractivity contribution >= 4 is 62.3 Å². The number of halogens is 1. The molecule has 9 heteroatoms. The molecule has 0 fully saturated rings. The van der Waals surface area contributed by atoms with Gasteiger partial charge >= 0.3 is 5.63 Å². The van der Waals surface area contributed by atoms with E-state index in [9.17, 15) is 14.4 Å². The van der Waals surface area contributed by atoms with Crippen LogP contribution < -0.4 is 16.7 Å². The first-order valence-corrected chi connectivity index (χ1v) is 11.2. The molecule has 2 amide bonds. The minimum Gasteiger partial charge on any atom is -0.422 e. The average molecular weight is 484 g/mol. The largest absolute Gasteiger partial charge is 0.422 e. The summed E-state index contributed by atoms with van der Waals surface area (Å²) >= 11 is 1.34. The molecule has 0 radical (unpaired) electrons. The fourth-order valence-electron chi connectivity index (χ4n) is 4.28. The first kappa shape index (κ1) is 23.0. The van der Waals surface area contributed by atoms with Crippen LogP contribution in [0.25, 0.3) is 21.7 Å². The lowest BCUT2D eigenvalue weighted by Gasteiger charge is -2.25. The number of benzene rings is 2. The molecule has 1 aliphatic heterocycles. The van der Waals surface area contributed by atoms with Crippen molar-refractivity contribution < 1.29 is 14.0 Å². The van der Waals surface area contributed by atoms with E-state index >= 15 is 0 Å². The molecule has 0 aliphatic carbocycles. The molecule has 3 heterocycles. The summed E-state index contributed by atoms with van der Waals surface area (Å²) in [5.74, 6) is -1.21. The van der Waals surface area contributed by atoms with Crippen LogP contribution >= 0.6 is 23.7 Å². The van der Waals surface area contributed by atoms with Crippen molar-refractivity contribution in [3.8, 4) is 0 Å². The first-order valence-electron chi connectivity index (χ1n) is 10.4. The van der Waals surface area contributed by atoms with E-state index in [1.54, 1.807) is 12.1 Å². The number of likely N-dealkylation sites (N-methyl/N-ethyl adjacent to an activating group) is 1. The van der Waals surface area contributed by atoms with Crippen molar-refractivity contribution in [2.24, 2.45) is 5.73 Å². The number of hydrogen-bond donors (Lipinski definition) is 2. The molecule has 0 spiro atoms. The summed E-state index contributed by atoms with van der Waals surface area (Å²) in [6.45, 7) is 4.52. The Morgan fingerprint density at radius 1 is 1.18 bits per heavy atom. The molecule has 0 bridgehead atoms. The number of carbonyl (C=O) groups is 2. The van der Waals surface area contributed by atoms with Crippen LogP contribution in [-0.2, 0) is 13.0 Å². The standard InChI is InChI=1S/C24H21N3O4S.ClH/c1-2-27-10-9-15-19(12-27)32-23(20(15)21(25)28)26-22(29)17-11-16-14-6-4-3-5-13(14)7-8-18(16)31-24(17)30;/h3-8,11H,2,9-10,12H2,1H3,(H2,25,28)(H,26,29);1H. The van der Waals surface area contributed by atoms with Gasteiger partial charge in [-0.2, -0.15) is 0 Å². The topological polar surface area (TPSA) is 106 Å². The third kappa shape index (κ3) is 4.01. The number of hydrogen-bond acceptors (Lipinski definition) is 6. The molecule has 33 heavy (non-hydrogen) atoms. The van der Waals surface area contributed by atoms with Gasteiger partial charge in [0, 0.05) is 23.4 Å². The number of fused-ring (bicyclic) bond motifs is 4. The quantitative estimate of drug-likeness (QED) is 0.335. The number of nitrogens with two attached hydrogens (primary N) is 1. The Labute approximate surface area is 199 Å². The van der Waals surface area contributed by atoms with Gasteiger partial charge in [0.2, 0.25) is 0 Å². The van der Waals surface area contributed by atoms with Crippen molar-refractivity contribution in [1.29, 1.82) is 0 Å². The van der Waals surface area contributed by atoms with Crippen LogP contribution in [0.2, 0.25) is 0 Å². The molecular weight excluding hydrogens is 462 g/mol. The number of thiophene rings is 1. The van der Waals surface area contributed by atoms with E-state index < -0.39 is 17.4 Å². The second-order valence-electron chi connectivity index (χ2n) is 7.79. The fourth-order valence-corrected chi connectivity index (χ4v) is 5.57. The maximum Gasteiger partial charge on any atom is 0.349 e. The van der Waals surface area contributed by atoms with Crippen molar-refractivity contribution in [3.05, 3.63) is 74.5 Å². The second-order valence-corrected chi connectivity index (χ2v) is 8.90. The molecule has 2 aromatic heterocycles. The Hall–Kier alpha value is -3.20. The lowest BCUT2D eigenvalue weighted by molar-refractivity contribution is 0.1000. The summed E-state index contributed by atoms with van der Waals surface area (Å²) in [6.07, 6.45) is 0.692. The van der Waals surface area contributed by atoms with E-state index in [-0.39, 0.29) is 18.0 Å². The third-order valence-corrected chi connectivity index (χ3v) is 7.08. The Morgan fingerprint density at radius 3 is 2.73 bits per heavy atom. The molecule has 0 unspecified atom stereocenters. The number of primary amides is 1. The minimum absolute atomic E-state index is 0. The lowest BCUT2D eigenvalue weighted by Crippen LogP contribution is -2.30. The van der Waals surface area contributed by atoms with Gasteiger partial charge in [-0.1, -0.05) is 37.3 Å². The predicted octanol–water partition coefficient (Wildman–Crippen LogP) is 4.16. The van der Waals surface area contributed by atoms with Crippen molar-refractivity contribution in [3.63, 3.8) is 0 Å². The molecular formula is C24H22ClN3O4S. The van der Waals surface area contributed by atoms with Gasteiger partial charge in [0.15, 0.2) is 0 Å². The van der Waals surface area contributed by atoms with Gasteiger partial charge < -0.3 is 15.5 Å². The van der Waals surface area contributed by atoms with Crippen LogP contribution in [0, 0.1) is 0 Å². The van der Waals surface area contributed by atoms with Crippen LogP contribution in [0.5, 0.6) is 0 Å². The minimum atomic E-state index is -0.732. The Balaban J connectivity index is 0.00000259. The molecule has 0 saturated carbocycles. The zero-order valence-electron chi connectivity index (χ0n) is 17.8. The maximum absolute atomic E-state index is 13.1. The van der Waals surface area contributed by atoms with Gasteiger partial charge in [-0.05, 0) is 41.4 Å². The monoisotopic (exact) mass is 483 g/mol. The highest BCUT2D eigenvalue weighted by atomic mass is 35.5. The Morgan fingerprint density at radius 2 is 1.97 bits per heavy atom. The van der Waals surface area contributed by atoms with E-state index in [0.29, 0.717) is 34.5 Å². The fraction of sp³-hybridized carbons (Fsp3) is 0.208. The van der Waals surface area contributed by atoms with Crippen LogP contribution in [0.4, 0.5) is 5.00 Å². The highest BCUT2D eigenvalue weighted by Gasteiger charge is 2.28. The average Bonchev–Trinajstić information content (AvgIpc) is 3.15. The second kappa shape index (κ2) is 8.97. The molecule has 170 valence electrons. The number of nitrogens with one attached hydrogen (secondary N) is 1. The molecule has 4 aromatic rings. The predicted molar refractivity (Wildman–Crippen MR) is 133 cm³/mol. The van der Waals surface area contributed by atoms with Crippen molar-refractivity contribution in [1.82, 2.24) is 4.90 Å². The molecule has 5 rings (SSSR count).